The van der Waals surface area contributed by atoms with E-state index in [0.29, 0.717) is 33.8 Å². The fourth-order valence-electron chi connectivity index (χ4n) is 3.65. The van der Waals surface area contributed by atoms with Gasteiger partial charge in [0.25, 0.3) is 5.56 Å². The van der Waals surface area contributed by atoms with Crippen molar-refractivity contribution in [2.75, 3.05) is 5.32 Å². The highest BCUT2D eigenvalue weighted by molar-refractivity contribution is 7.99. The van der Waals surface area contributed by atoms with E-state index in [1.165, 1.54) is 0 Å². The summed E-state index contributed by atoms with van der Waals surface area (Å²) in [6, 6.07) is 3.75. The number of nitrogens with zero attached hydrogens (tertiary/aromatic N) is 2. The molecule has 0 fully saturated rings. The molecule has 0 unspecified atom stereocenters. The van der Waals surface area contributed by atoms with Crippen LogP contribution in [-0.2, 0) is 4.79 Å². The van der Waals surface area contributed by atoms with Crippen molar-refractivity contribution in [1.29, 1.82) is 0 Å². The number of pyridine rings is 1. The lowest BCUT2D eigenvalue weighted by atomic mass is 9.77. The Morgan fingerprint density at radius 3 is 2.93 bits per heavy atom. The van der Waals surface area contributed by atoms with Gasteiger partial charge < -0.3 is 10.3 Å². The van der Waals surface area contributed by atoms with Crippen molar-refractivity contribution < 1.29 is 4.79 Å². The second-order valence-corrected chi connectivity index (χ2v) is 8.41. The average Bonchev–Trinajstić information content (AvgIpc) is 2.67. The Labute approximate surface area is 161 Å². The smallest absolute Gasteiger partial charge is 0.257 e. The van der Waals surface area contributed by atoms with Crippen LogP contribution in [-0.4, -0.2) is 26.0 Å². The fourth-order valence-corrected chi connectivity index (χ4v) is 4.49. The number of fused-ring (bicyclic) bond motifs is 1. The predicted octanol–water partition coefficient (Wildman–Crippen LogP) is 3.62. The number of nitrogens with one attached hydrogen (secondary N) is 2. The summed E-state index contributed by atoms with van der Waals surface area (Å²) >= 11 is 1.56. The summed E-state index contributed by atoms with van der Waals surface area (Å²) in [7, 11) is 0. The Hall–Kier alpha value is -2.41. The lowest BCUT2D eigenvalue weighted by Crippen LogP contribution is -2.32. The zero-order chi connectivity index (χ0) is 19.0. The second-order valence-electron chi connectivity index (χ2n) is 6.98. The molecule has 0 spiro atoms. The fraction of sp³-hybridized carbons (Fsp3) is 0.400. The van der Waals surface area contributed by atoms with Gasteiger partial charge >= 0.3 is 0 Å². The van der Waals surface area contributed by atoms with Gasteiger partial charge in [0.1, 0.15) is 5.82 Å². The molecule has 2 aromatic rings. The normalized spacial score (nSPS) is 19.9. The van der Waals surface area contributed by atoms with Crippen LogP contribution in [0.4, 0.5) is 5.82 Å². The van der Waals surface area contributed by atoms with Crippen molar-refractivity contribution in [2.24, 2.45) is 0 Å². The molecule has 1 aliphatic carbocycles. The number of aromatic nitrogens is 3. The first-order valence-electron chi connectivity index (χ1n) is 9.32. The molecular formula is C20H22N4O2S. The van der Waals surface area contributed by atoms with Crippen molar-refractivity contribution >= 4 is 23.4 Å². The number of thioether (sulfide) groups is 1. The number of rotatable bonds is 4. The molecule has 140 valence electrons. The standard InChI is InChI=1S/C20H22N4O2S/c1-3-11(2)27-20-23-18-17(19(26)24-20)15(12-6-5-9-21-10-12)16-13(22-18)7-4-8-14(16)25/h5-6,9-11,15H,3-4,7-8H2,1-2H3,(H2,22,23,24,26)/t11-,15-/m0/s1. The van der Waals surface area contributed by atoms with Crippen molar-refractivity contribution in [3.63, 3.8) is 0 Å². The molecule has 4 rings (SSSR count). The number of carbonyl (C=O) groups excluding carboxylic acids is 1. The van der Waals surface area contributed by atoms with E-state index in [2.05, 4.69) is 34.1 Å². The summed E-state index contributed by atoms with van der Waals surface area (Å²) < 4.78 is 0. The van der Waals surface area contributed by atoms with Crippen LogP contribution in [0.3, 0.4) is 0 Å². The third kappa shape index (κ3) is 3.32. The van der Waals surface area contributed by atoms with Gasteiger partial charge in [0.05, 0.1) is 5.56 Å². The number of allylic oxidation sites excluding steroid dienone is 2. The van der Waals surface area contributed by atoms with Gasteiger partial charge in [0.2, 0.25) is 0 Å². The summed E-state index contributed by atoms with van der Waals surface area (Å²) in [5.41, 5.74) is 2.74. The Bertz CT molecular complexity index is 968. The predicted molar refractivity (Wildman–Crippen MR) is 106 cm³/mol. The highest BCUT2D eigenvalue weighted by Crippen LogP contribution is 2.43. The van der Waals surface area contributed by atoms with Gasteiger partial charge in [0, 0.05) is 41.3 Å². The van der Waals surface area contributed by atoms with Crippen LogP contribution in [0.5, 0.6) is 0 Å². The minimum Gasteiger partial charge on any atom is -0.343 e. The second kappa shape index (κ2) is 7.31. The van der Waals surface area contributed by atoms with Gasteiger partial charge in [0.15, 0.2) is 10.9 Å². The number of H-pyrrole nitrogens is 1. The molecular weight excluding hydrogens is 360 g/mol. The Kier molecular flexibility index (Phi) is 4.86. The molecule has 2 aromatic heterocycles. The van der Waals surface area contributed by atoms with E-state index in [9.17, 15) is 9.59 Å². The molecule has 3 heterocycles. The van der Waals surface area contributed by atoms with Gasteiger partial charge in [-0.25, -0.2) is 4.98 Å². The minimum absolute atomic E-state index is 0.0979. The Balaban J connectivity index is 1.88. The van der Waals surface area contributed by atoms with Crippen LogP contribution in [0.1, 0.15) is 56.6 Å². The quantitative estimate of drug-likeness (QED) is 0.620. The maximum Gasteiger partial charge on any atom is 0.257 e. The molecule has 7 heteroatoms. The SMILES string of the molecule is CC[C@H](C)Sc1nc2c(c(=O)[nH]1)[C@@H](c1cccnc1)C1=C(CCCC1=O)N2. The molecule has 0 saturated carbocycles. The van der Waals surface area contributed by atoms with Crippen molar-refractivity contribution in [2.45, 2.75) is 55.9 Å². The van der Waals surface area contributed by atoms with Crippen molar-refractivity contribution in [3.8, 4) is 0 Å². The number of hydrogen-bond donors (Lipinski definition) is 2. The van der Waals surface area contributed by atoms with E-state index in [-0.39, 0.29) is 11.3 Å². The average molecular weight is 382 g/mol. The van der Waals surface area contributed by atoms with Crippen LogP contribution in [0.2, 0.25) is 0 Å². The van der Waals surface area contributed by atoms with Crippen LogP contribution < -0.4 is 10.9 Å². The van der Waals surface area contributed by atoms with Gasteiger partial charge in [-0.1, -0.05) is 31.7 Å². The number of anilines is 1. The van der Waals surface area contributed by atoms with E-state index in [4.69, 9.17) is 0 Å². The lowest BCUT2D eigenvalue weighted by Gasteiger charge is -2.32. The number of Topliss-reactive ketones (excluding diaryl/α,β-unsaturated/α-hetero) is 1. The van der Waals surface area contributed by atoms with Gasteiger partial charge in [-0.2, -0.15) is 0 Å². The first kappa shape index (κ1) is 18.0. The zero-order valence-corrected chi connectivity index (χ0v) is 16.2. The molecule has 27 heavy (non-hydrogen) atoms. The molecule has 2 atom stereocenters. The van der Waals surface area contributed by atoms with Crippen molar-refractivity contribution in [3.05, 3.63) is 57.3 Å². The van der Waals surface area contributed by atoms with Crippen LogP contribution in [0.15, 0.2) is 45.7 Å². The maximum absolute atomic E-state index is 13.0. The zero-order valence-electron chi connectivity index (χ0n) is 15.4. The highest BCUT2D eigenvalue weighted by Gasteiger charge is 2.37. The van der Waals surface area contributed by atoms with E-state index >= 15 is 0 Å². The lowest BCUT2D eigenvalue weighted by molar-refractivity contribution is -0.116. The largest absolute Gasteiger partial charge is 0.343 e. The summed E-state index contributed by atoms with van der Waals surface area (Å²) in [6.45, 7) is 4.21. The molecule has 1 aliphatic heterocycles. The van der Waals surface area contributed by atoms with Crippen molar-refractivity contribution in [1.82, 2.24) is 15.0 Å². The van der Waals surface area contributed by atoms with E-state index < -0.39 is 5.92 Å². The number of ketones is 1. The summed E-state index contributed by atoms with van der Waals surface area (Å²) in [5, 5.41) is 4.26. The van der Waals surface area contributed by atoms with E-state index in [1.807, 2.05) is 12.1 Å². The summed E-state index contributed by atoms with van der Waals surface area (Å²) in [5.74, 6) is 0.240. The van der Waals surface area contributed by atoms with Gasteiger partial charge in [-0.05, 0) is 30.9 Å². The number of carbonyl (C=O) groups is 1. The minimum atomic E-state index is -0.420. The van der Waals surface area contributed by atoms with Crippen LogP contribution in [0, 0.1) is 0 Å². The molecule has 0 amide bonds. The monoisotopic (exact) mass is 382 g/mol. The Morgan fingerprint density at radius 2 is 2.19 bits per heavy atom. The molecule has 2 N–H and O–H groups in total. The number of aromatic amines is 1. The molecule has 6 nitrogen and oxygen atoms in total. The molecule has 2 aliphatic rings. The third-order valence-electron chi connectivity index (χ3n) is 5.14. The first-order valence-corrected chi connectivity index (χ1v) is 10.2. The van der Waals surface area contributed by atoms with Crippen LogP contribution in [0.25, 0.3) is 0 Å². The maximum atomic E-state index is 13.0. The summed E-state index contributed by atoms with van der Waals surface area (Å²) in [4.78, 5) is 37.5. The van der Waals surface area contributed by atoms with E-state index in [1.54, 1.807) is 24.2 Å². The molecule has 0 bridgehead atoms. The highest BCUT2D eigenvalue weighted by atomic mass is 32.2. The summed E-state index contributed by atoms with van der Waals surface area (Å²) in [6.07, 6.45) is 6.53. The Morgan fingerprint density at radius 1 is 1.33 bits per heavy atom. The molecule has 0 radical (unpaired) electrons. The van der Waals surface area contributed by atoms with Crippen LogP contribution >= 0.6 is 11.8 Å². The van der Waals surface area contributed by atoms with Gasteiger partial charge in [-0.15, -0.1) is 0 Å². The third-order valence-corrected chi connectivity index (χ3v) is 6.29. The first-order chi connectivity index (χ1) is 13.1. The molecule has 0 saturated heterocycles. The topological polar surface area (TPSA) is 87.7 Å². The number of hydrogen-bond acceptors (Lipinski definition) is 6. The van der Waals surface area contributed by atoms with Gasteiger partial charge in [-0.3, -0.25) is 14.6 Å². The molecule has 0 aromatic carbocycles. The van der Waals surface area contributed by atoms with E-state index in [0.717, 1.165) is 30.5 Å².